The molecule has 0 aliphatic rings. The number of urea groups is 1. The minimum absolute atomic E-state index is 0.174. The number of aliphatic hydroxyl groups is 1. The molecule has 0 fully saturated rings. The van der Waals surface area contributed by atoms with Gasteiger partial charge >= 0.3 is 6.03 Å². The molecule has 0 spiro atoms. The molecule has 3 N–H and O–H groups in total. The molecule has 0 saturated heterocycles. The number of carbonyl (C=O) groups is 1. The van der Waals surface area contributed by atoms with E-state index in [9.17, 15) is 9.90 Å². The highest BCUT2D eigenvalue weighted by Crippen LogP contribution is 2.03. The molecule has 18 heavy (non-hydrogen) atoms. The third kappa shape index (κ3) is 5.62. The first kappa shape index (κ1) is 14.4. The van der Waals surface area contributed by atoms with Gasteiger partial charge in [-0.25, -0.2) is 4.79 Å². The topological polar surface area (TPSA) is 100 Å². The third-order valence-electron chi connectivity index (χ3n) is 2.21. The Hall–Kier alpha value is -1.63. The molecule has 0 bridgehead atoms. The van der Waals surface area contributed by atoms with Gasteiger partial charge in [-0.15, -0.1) is 0 Å². The van der Waals surface area contributed by atoms with Crippen LogP contribution in [0.25, 0.3) is 0 Å². The fourth-order valence-electron chi connectivity index (χ4n) is 1.47. The SMILES string of the molecule is Cc1noc(CNC(=O)NCC(O)CC(C)C)n1. The largest absolute Gasteiger partial charge is 0.391 e. The number of nitrogens with one attached hydrogen (secondary N) is 2. The van der Waals surface area contributed by atoms with Crippen molar-refractivity contribution in [2.45, 2.75) is 39.8 Å². The van der Waals surface area contributed by atoms with Crippen molar-refractivity contribution in [1.82, 2.24) is 20.8 Å². The summed E-state index contributed by atoms with van der Waals surface area (Å²) in [4.78, 5) is 15.3. The third-order valence-corrected chi connectivity index (χ3v) is 2.21. The lowest BCUT2D eigenvalue weighted by molar-refractivity contribution is 0.146. The Balaban J connectivity index is 2.18. The highest BCUT2D eigenvalue weighted by Gasteiger charge is 2.09. The number of amides is 2. The molecule has 1 rings (SSSR count). The van der Waals surface area contributed by atoms with Crippen molar-refractivity contribution < 1.29 is 14.4 Å². The first-order chi connectivity index (χ1) is 8.47. The van der Waals surface area contributed by atoms with Gasteiger partial charge in [0.2, 0.25) is 5.89 Å². The molecule has 1 aromatic rings. The Labute approximate surface area is 106 Å². The first-order valence-corrected chi connectivity index (χ1v) is 5.96. The van der Waals surface area contributed by atoms with Crippen LogP contribution in [0.4, 0.5) is 4.79 Å². The van der Waals surface area contributed by atoms with Crippen molar-refractivity contribution >= 4 is 6.03 Å². The van der Waals surface area contributed by atoms with Crippen LogP contribution in [-0.4, -0.2) is 33.9 Å². The average Bonchev–Trinajstić information content (AvgIpc) is 2.69. The fraction of sp³-hybridized carbons (Fsp3) is 0.727. The number of hydrogen-bond donors (Lipinski definition) is 3. The van der Waals surface area contributed by atoms with Crippen LogP contribution < -0.4 is 10.6 Å². The van der Waals surface area contributed by atoms with E-state index in [1.54, 1.807) is 6.92 Å². The van der Waals surface area contributed by atoms with Gasteiger partial charge in [-0.2, -0.15) is 4.98 Å². The number of hydrogen-bond acceptors (Lipinski definition) is 5. The van der Waals surface area contributed by atoms with E-state index < -0.39 is 6.10 Å². The van der Waals surface area contributed by atoms with E-state index in [1.165, 1.54) is 0 Å². The van der Waals surface area contributed by atoms with Gasteiger partial charge in [0.05, 0.1) is 12.6 Å². The second-order valence-corrected chi connectivity index (χ2v) is 4.58. The van der Waals surface area contributed by atoms with Crippen molar-refractivity contribution in [3.05, 3.63) is 11.7 Å². The van der Waals surface area contributed by atoms with Gasteiger partial charge in [0, 0.05) is 6.54 Å². The number of aliphatic hydroxyl groups excluding tert-OH is 1. The predicted molar refractivity (Wildman–Crippen MR) is 64.7 cm³/mol. The van der Waals surface area contributed by atoms with Crippen LogP contribution in [0.1, 0.15) is 32.0 Å². The highest BCUT2D eigenvalue weighted by molar-refractivity contribution is 5.73. The summed E-state index contributed by atoms with van der Waals surface area (Å²) in [5.74, 6) is 1.27. The van der Waals surface area contributed by atoms with Gasteiger partial charge in [0.25, 0.3) is 0 Å². The van der Waals surface area contributed by atoms with Gasteiger partial charge in [0.15, 0.2) is 5.82 Å². The lowest BCUT2D eigenvalue weighted by Crippen LogP contribution is -2.39. The van der Waals surface area contributed by atoms with Crippen LogP contribution in [0, 0.1) is 12.8 Å². The van der Waals surface area contributed by atoms with Gasteiger partial charge in [0.1, 0.15) is 0 Å². The predicted octanol–water partition coefficient (Wildman–Crippen LogP) is 0.584. The van der Waals surface area contributed by atoms with E-state index in [1.807, 2.05) is 13.8 Å². The minimum Gasteiger partial charge on any atom is -0.391 e. The lowest BCUT2D eigenvalue weighted by Gasteiger charge is -2.13. The molecule has 0 aliphatic carbocycles. The molecule has 1 heterocycles. The summed E-state index contributed by atoms with van der Waals surface area (Å²) < 4.78 is 4.84. The number of nitrogens with zero attached hydrogens (tertiary/aromatic N) is 2. The molecule has 0 aliphatic heterocycles. The quantitative estimate of drug-likeness (QED) is 0.691. The Kier molecular flexibility index (Phi) is 5.57. The monoisotopic (exact) mass is 256 g/mol. The summed E-state index contributed by atoms with van der Waals surface area (Å²) >= 11 is 0. The molecule has 0 saturated carbocycles. The number of aryl methyl sites for hydroxylation is 1. The van der Waals surface area contributed by atoms with E-state index in [0.29, 0.717) is 24.1 Å². The van der Waals surface area contributed by atoms with Crippen LogP contribution >= 0.6 is 0 Å². The van der Waals surface area contributed by atoms with E-state index in [0.717, 1.165) is 0 Å². The van der Waals surface area contributed by atoms with Gasteiger partial charge in [-0.3, -0.25) is 0 Å². The molecule has 1 atom stereocenters. The zero-order valence-corrected chi connectivity index (χ0v) is 10.9. The Morgan fingerprint density at radius 3 is 2.72 bits per heavy atom. The normalized spacial score (nSPS) is 12.5. The van der Waals surface area contributed by atoms with Crippen LogP contribution in [0.2, 0.25) is 0 Å². The summed E-state index contributed by atoms with van der Waals surface area (Å²) in [6.45, 7) is 6.14. The molecular formula is C11H20N4O3. The summed E-state index contributed by atoms with van der Waals surface area (Å²) in [6, 6.07) is -0.367. The number of carbonyl (C=O) groups excluding carboxylic acids is 1. The molecule has 1 unspecified atom stereocenters. The average molecular weight is 256 g/mol. The fourth-order valence-corrected chi connectivity index (χ4v) is 1.47. The molecule has 0 radical (unpaired) electrons. The molecule has 7 nitrogen and oxygen atoms in total. The van der Waals surface area contributed by atoms with Gasteiger partial charge < -0.3 is 20.3 Å². The second-order valence-electron chi connectivity index (χ2n) is 4.58. The van der Waals surface area contributed by atoms with Crippen molar-refractivity contribution in [3.63, 3.8) is 0 Å². The summed E-state index contributed by atoms with van der Waals surface area (Å²) in [7, 11) is 0. The Morgan fingerprint density at radius 1 is 1.44 bits per heavy atom. The zero-order chi connectivity index (χ0) is 13.5. The number of aromatic nitrogens is 2. The minimum atomic E-state index is -0.526. The summed E-state index contributed by atoms with van der Waals surface area (Å²) in [5, 5.41) is 18.3. The molecule has 7 heteroatoms. The lowest BCUT2D eigenvalue weighted by atomic mass is 10.1. The summed E-state index contributed by atoms with van der Waals surface area (Å²) in [5.41, 5.74) is 0. The van der Waals surface area contributed by atoms with Crippen LogP contribution in [0.5, 0.6) is 0 Å². The van der Waals surface area contributed by atoms with Gasteiger partial charge in [-0.05, 0) is 19.3 Å². The molecule has 2 amide bonds. The smallest absolute Gasteiger partial charge is 0.315 e. The maximum absolute atomic E-state index is 11.4. The van der Waals surface area contributed by atoms with E-state index >= 15 is 0 Å². The maximum atomic E-state index is 11.4. The zero-order valence-electron chi connectivity index (χ0n) is 10.9. The number of rotatable bonds is 6. The van der Waals surface area contributed by atoms with Crippen molar-refractivity contribution in [2.75, 3.05) is 6.54 Å². The highest BCUT2D eigenvalue weighted by atomic mass is 16.5. The molecule has 0 aromatic carbocycles. The van der Waals surface area contributed by atoms with Crippen LogP contribution in [0.15, 0.2) is 4.52 Å². The van der Waals surface area contributed by atoms with E-state index in [4.69, 9.17) is 4.52 Å². The molecule has 1 aromatic heterocycles. The van der Waals surface area contributed by atoms with Crippen molar-refractivity contribution in [1.29, 1.82) is 0 Å². The first-order valence-electron chi connectivity index (χ1n) is 5.96. The van der Waals surface area contributed by atoms with Crippen LogP contribution in [-0.2, 0) is 6.54 Å². The van der Waals surface area contributed by atoms with Gasteiger partial charge in [-0.1, -0.05) is 19.0 Å². The Bertz CT molecular complexity index is 378. The van der Waals surface area contributed by atoms with E-state index in [2.05, 4.69) is 20.8 Å². The van der Waals surface area contributed by atoms with Crippen molar-refractivity contribution in [2.24, 2.45) is 5.92 Å². The standard InChI is InChI=1S/C11H20N4O3/c1-7(2)4-9(16)5-12-11(17)13-6-10-14-8(3)15-18-10/h7,9,16H,4-6H2,1-3H3,(H2,12,13,17). The molecular weight excluding hydrogens is 236 g/mol. The van der Waals surface area contributed by atoms with Crippen LogP contribution in [0.3, 0.4) is 0 Å². The van der Waals surface area contributed by atoms with Crippen molar-refractivity contribution in [3.8, 4) is 0 Å². The maximum Gasteiger partial charge on any atom is 0.315 e. The summed E-state index contributed by atoms with van der Waals surface area (Å²) in [6.07, 6.45) is 0.129. The molecule has 102 valence electrons. The Morgan fingerprint density at radius 2 is 2.17 bits per heavy atom. The second kappa shape index (κ2) is 6.95. The van der Waals surface area contributed by atoms with E-state index in [-0.39, 0.29) is 19.1 Å².